The van der Waals surface area contributed by atoms with Crippen molar-refractivity contribution in [2.24, 2.45) is 0 Å². The van der Waals surface area contributed by atoms with Crippen LogP contribution in [0.25, 0.3) is 0 Å². The first kappa shape index (κ1) is 13.8. The Morgan fingerprint density at radius 1 is 1.35 bits per heavy atom. The second kappa shape index (κ2) is 6.45. The molecule has 1 N–H and O–H groups in total. The molecule has 96 valence electrons. The van der Waals surface area contributed by atoms with Crippen molar-refractivity contribution in [1.82, 2.24) is 0 Å². The van der Waals surface area contributed by atoms with E-state index in [9.17, 15) is 4.39 Å². The molecule has 0 aliphatic rings. The summed E-state index contributed by atoms with van der Waals surface area (Å²) < 4.78 is 24.3. The first-order valence-electron chi connectivity index (χ1n) is 5.72. The fourth-order valence-corrected chi connectivity index (χ4v) is 1.55. The molecule has 0 amide bonds. The monoisotopic (exact) mass is 242 g/mol. The van der Waals surface area contributed by atoms with Gasteiger partial charge in [-0.15, -0.1) is 0 Å². The Morgan fingerprint density at radius 3 is 2.59 bits per heavy atom. The molecule has 0 heterocycles. The Bertz CT molecular complexity index is 364. The summed E-state index contributed by atoms with van der Waals surface area (Å²) in [5, 5.41) is 8.75. The van der Waals surface area contributed by atoms with Crippen molar-refractivity contribution in [3.8, 4) is 11.5 Å². The molecule has 1 aromatic carbocycles. The van der Waals surface area contributed by atoms with Gasteiger partial charge in [0.2, 0.25) is 0 Å². The Hall–Kier alpha value is -1.29. The lowest BCUT2D eigenvalue weighted by Gasteiger charge is -2.15. The molecule has 0 saturated carbocycles. The van der Waals surface area contributed by atoms with Crippen LogP contribution < -0.4 is 9.47 Å². The molecule has 3 nitrogen and oxygen atoms in total. The lowest BCUT2D eigenvalue weighted by atomic mass is 10.1. The maximum absolute atomic E-state index is 13.8. The first-order chi connectivity index (χ1) is 8.08. The molecule has 0 aliphatic heterocycles. The van der Waals surface area contributed by atoms with Gasteiger partial charge >= 0.3 is 0 Å². The van der Waals surface area contributed by atoms with Crippen LogP contribution in [0.1, 0.15) is 25.8 Å². The summed E-state index contributed by atoms with van der Waals surface area (Å²) in [7, 11) is 1.48. The molecule has 4 heteroatoms. The summed E-state index contributed by atoms with van der Waals surface area (Å²) in [6.45, 7) is 3.76. The summed E-state index contributed by atoms with van der Waals surface area (Å²) in [4.78, 5) is 0. The maximum Gasteiger partial charge on any atom is 0.197 e. The van der Waals surface area contributed by atoms with Crippen LogP contribution in [-0.2, 0) is 6.42 Å². The molecule has 0 spiro atoms. The van der Waals surface area contributed by atoms with E-state index in [2.05, 4.69) is 0 Å². The first-order valence-corrected chi connectivity index (χ1v) is 5.72. The van der Waals surface area contributed by atoms with E-state index in [1.54, 1.807) is 6.07 Å². The zero-order valence-electron chi connectivity index (χ0n) is 10.5. The number of benzene rings is 1. The van der Waals surface area contributed by atoms with E-state index in [1.165, 1.54) is 13.2 Å². The molecule has 0 fully saturated rings. The maximum atomic E-state index is 13.8. The Kier molecular flexibility index (Phi) is 5.22. The van der Waals surface area contributed by atoms with Gasteiger partial charge in [0.25, 0.3) is 0 Å². The van der Waals surface area contributed by atoms with E-state index in [4.69, 9.17) is 14.6 Å². The summed E-state index contributed by atoms with van der Waals surface area (Å²) >= 11 is 0. The number of halogens is 1. The standard InChI is InChI=1S/C13H19FO3/c1-9(2)17-13-11(14)7-10(5-4-6-15)8-12(13)16-3/h7-9,15H,4-6H2,1-3H3. The van der Waals surface area contributed by atoms with Crippen LogP contribution in [0.5, 0.6) is 11.5 Å². The van der Waals surface area contributed by atoms with Crippen LogP contribution in [0.2, 0.25) is 0 Å². The number of methoxy groups -OCH3 is 1. The van der Waals surface area contributed by atoms with E-state index < -0.39 is 5.82 Å². The van der Waals surface area contributed by atoms with E-state index in [1.807, 2.05) is 13.8 Å². The van der Waals surface area contributed by atoms with Crippen molar-refractivity contribution in [1.29, 1.82) is 0 Å². The topological polar surface area (TPSA) is 38.7 Å². The van der Waals surface area contributed by atoms with Gasteiger partial charge in [0.05, 0.1) is 13.2 Å². The highest BCUT2D eigenvalue weighted by molar-refractivity contribution is 5.44. The Morgan fingerprint density at radius 2 is 2.06 bits per heavy atom. The van der Waals surface area contributed by atoms with Gasteiger partial charge in [-0.25, -0.2) is 4.39 Å². The van der Waals surface area contributed by atoms with Crippen LogP contribution in [0, 0.1) is 5.82 Å². The third-order valence-corrected chi connectivity index (χ3v) is 2.27. The van der Waals surface area contributed by atoms with Gasteiger partial charge in [0.15, 0.2) is 17.3 Å². The molecule has 17 heavy (non-hydrogen) atoms. The quantitative estimate of drug-likeness (QED) is 0.833. The average molecular weight is 242 g/mol. The fraction of sp³-hybridized carbons (Fsp3) is 0.538. The van der Waals surface area contributed by atoms with E-state index in [0.29, 0.717) is 18.6 Å². The van der Waals surface area contributed by atoms with Crippen LogP contribution >= 0.6 is 0 Å². The predicted molar refractivity (Wildman–Crippen MR) is 64.1 cm³/mol. The molecule has 0 saturated heterocycles. The molecule has 1 rings (SSSR count). The highest BCUT2D eigenvalue weighted by Gasteiger charge is 2.14. The van der Waals surface area contributed by atoms with Gasteiger partial charge in [0, 0.05) is 6.61 Å². The van der Waals surface area contributed by atoms with Gasteiger partial charge < -0.3 is 14.6 Å². The number of aryl methyl sites for hydroxylation is 1. The van der Waals surface area contributed by atoms with Crippen LogP contribution in [0.3, 0.4) is 0 Å². The van der Waals surface area contributed by atoms with Crippen molar-refractivity contribution in [3.05, 3.63) is 23.5 Å². The van der Waals surface area contributed by atoms with E-state index >= 15 is 0 Å². The molecule has 0 bridgehead atoms. The number of hydrogen-bond donors (Lipinski definition) is 1. The van der Waals surface area contributed by atoms with E-state index in [0.717, 1.165) is 5.56 Å². The molecule has 0 radical (unpaired) electrons. The predicted octanol–water partition coefficient (Wildman–Crippen LogP) is 2.55. The number of aliphatic hydroxyl groups is 1. The smallest absolute Gasteiger partial charge is 0.197 e. The minimum atomic E-state index is -0.425. The van der Waals surface area contributed by atoms with Crippen molar-refractivity contribution in [2.75, 3.05) is 13.7 Å². The zero-order chi connectivity index (χ0) is 12.8. The highest BCUT2D eigenvalue weighted by atomic mass is 19.1. The summed E-state index contributed by atoms with van der Waals surface area (Å²) in [5.74, 6) is 0.118. The summed E-state index contributed by atoms with van der Waals surface area (Å²) in [6.07, 6.45) is 1.11. The molecule has 0 aromatic heterocycles. The third kappa shape index (κ3) is 3.89. The Balaban J connectivity index is 2.98. The second-order valence-electron chi connectivity index (χ2n) is 4.10. The molecule has 0 atom stereocenters. The van der Waals surface area contributed by atoms with Gasteiger partial charge in [-0.3, -0.25) is 0 Å². The van der Waals surface area contributed by atoms with Gasteiger partial charge in [-0.1, -0.05) is 0 Å². The molecular formula is C13H19FO3. The molecule has 0 unspecified atom stereocenters. The number of ether oxygens (including phenoxy) is 2. The minimum absolute atomic E-state index is 0.0914. The fourth-order valence-electron chi connectivity index (χ4n) is 1.55. The van der Waals surface area contributed by atoms with Crippen LogP contribution in [0.4, 0.5) is 4.39 Å². The van der Waals surface area contributed by atoms with Crippen molar-refractivity contribution in [2.45, 2.75) is 32.8 Å². The van der Waals surface area contributed by atoms with Gasteiger partial charge in [-0.2, -0.15) is 0 Å². The summed E-state index contributed by atoms with van der Waals surface area (Å²) in [6, 6.07) is 3.17. The van der Waals surface area contributed by atoms with Crippen LogP contribution in [-0.4, -0.2) is 24.9 Å². The lowest BCUT2D eigenvalue weighted by Crippen LogP contribution is -2.08. The van der Waals surface area contributed by atoms with Gasteiger partial charge in [0.1, 0.15) is 0 Å². The minimum Gasteiger partial charge on any atom is -0.493 e. The van der Waals surface area contributed by atoms with Crippen molar-refractivity contribution >= 4 is 0 Å². The second-order valence-corrected chi connectivity index (χ2v) is 4.10. The van der Waals surface area contributed by atoms with Crippen molar-refractivity contribution in [3.63, 3.8) is 0 Å². The molecular weight excluding hydrogens is 223 g/mol. The van der Waals surface area contributed by atoms with Gasteiger partial charge in [-0.05, 0) is 44.4 Å². The summed E-state index contributed by atoms with van der Waals surface area (Å²) in [5.41, 5.74) is 0.796. The SMILES string of the molecule is COc1cc(CCCO)cc(F)c1OC(C)C. The Labute approximate surface area is 101 Å². The third-order valence-electron chi connectivity index (χ3n) is 2.27. The van der Waals surface area contributed by atoms with Crippen LogP contribution in [0.15, 0.2) is 12.1 Å². The van der Waals surface area contributed by atoms with Crippen molar-refractivity contribution < 1.29 is 19.0 Å². The number of aliphatic hydroxyl groups excluding tert-OH is 1. The van der Waals surface area contributed by atoms with E-state index in [-0.39, 0.29) is 18.5 Å². The zero-order valence-corrected chi connectivity index (χ0v) is 10.5. The molecule has 1 aromatic rings. The molecule has 0 aliphatic carbocycles. The highest BCUT2D eigenvalue weighted by Crippen LogP contribution is 2.32. The largest absolute Gasteiger partial charge is 0.493 e. The number of rotatable bonds is 6. The average Bonchev–Trinajstić information content (AvgIpc) is 2.28. The normalized spacial score (nSPS) is 10.7. The lowest BCUT2D eigenvalue weighted by molar-refractivity contribution is 0.218. The number of hydrogen-bond acceptors (Lipinski definition) is 3.